The summed E-state index contributed by atoms with van der Waals surface area (Å²) in [6.45, 7) is 1.87. The number of aryl methyl sites for hydroxylation is 1. The van der Waals surface area contributed by atoms with Crippen molar-refractivity contribution in [3.63, 3.8) is 0 Å². The van der Waals surface area contributed by atoms with Crippen LogP contribution in [0.25, 0.3) is 0 Å². The molecule has 0 bridgehead atoms. The summed E-state index contributed by atoms with van der Waals surface area (Å²) in [4.78, 5) is 0. The molecule has 0 aliphatic carbocycles. The molecule has 0 radical (unpaired) electrons. The molecule has 0 aromatic heterocycles. The third-order valence-electron chi connectivity index (χ3n) is 1.12. The van der Waals surface area contributed by atoms with E-state index in [4.69, 9.17) is 22.6 Å². The highest BCUT2D eigenvalue weighted by Gasteiger charge is 1.87. The molecule has 0 amide bonds. The highest BCUT2D eigenvalue weighted by Crippen LogP contribution is 2.12. The Morgan fingerprint density at radius 3 is 1.71 bits per heavy atom. The van der Waals surface area contributed by atoms with Crippen LogP contribution in [0, 0.1) is 6.92 Å². The lowest BCUT2D eigenvalue weighted by Crippen LogP contribution is -1.89. The maximum absolute atomic E-state index is 8.92. The summed E-state index contributed by atoms with van der Waals surface area (Å²) in [5, 5.41) is 8.92. The van der Waals surface area contributed by atoms with Gasteiger partial charge in [-0.05, 0) is 18.6 Å². The van der Waals surface area contributed by atoms with Gasteiger partial charge in [-0.15, -0.1) is 0 Å². The number of hydrogen-bond acceptors (Lipinski definition) is 4. The van der Waals surface area contributed by atoms with Gasteiger partial charge in [0.05, 0.1) is 0 Å². The summed E-state index contributed by atoms with van der Waals surface area (Å²) in [5.41, 5.74) is 0.924. The van der Waals surface area contributed by atoms with Crippen molar-refractivity contribution in [2.75, 3.05) is 0 Å². The maximum atomic E-state index is 8.92. The summed E-state index contributed by atoms with van der Waals surface area (Å²) in [6, 6.07) is 7.25. The number of phenolic OH excluding ortho intramolecular Hbond substituents is 1. The molecule has 6 nitrogen and oxygen atoms in total. The van der Waals surface area contributed by atoms with Crippen molar-refractivity contribution >= 4 is 10.4 Å². The van der Waals surface area contributed by atoms with Gasteiger partial charge < -0.3 is 11.3 Å². The van der Waals surface area contributed by atoms with Gasteiger partial charge in [0.1, 0.15) is 5.75 Å². The van der Waals surface area contributed by atoms with E-state index in [1.54, 1.807) is 6.07 Å². The molecule has 1 rings (SSSR count). The summed E-state index contributed by atoms with van der Waals surface area (Å²) in [5.74, 6) is 0.368. The second-order valence-corrected chi connectivity index (χ2v) is 3.13. The lowest BCUT2D eigenvalue weighted by molar-refractivity contribution is 0.381. The zero-order chi connectivity index (χ0) is 10.5. The minimum Gasteiger partial charge on any atom is -0.508 e. The summed E-state index contributed by atoms with van der Waals surface area (Å²) < 4.78 is 31.6. The van der Waals surface area contributed by atoms with Crippen molar-refractivity contribution in [2.24, 2.45) is 0 Å². The van der Waals surface area contributed by atoms with Crippen molar-refractivity contribution in [2.45, 2.75) is 6.92 Å². The third-order valence-corrected chi connectivity index (χ3v) is 1.12. The molecule has 1 aromatic carbocycles. The Balaban J connectivity index is 0. The summed E-state index contributed by atoms with van der Waals surface area (Å²) in [6.07, 6.45) is 0. The van der Waals surface area contributed by atoms with E-state index in [1.807, 2.05) is 25.1 Å². The first-order chi connectivity index (χ1) is 5.80. The number of benzene rings is 1. The Bertz CT molecular complexity index is 333. The van der Waals surface area contributed by atoms with Gasteiger partial charge in [-0.1, -0.05) is 18.2 Å². The number of para-hydroxylation sites is 1. The first-order valence-corrected chi connectivity index (χ1v) is 4.65. The predicted molar refractivity (Wildman–Crippen MR) is 52.0 cm³/mol. The van der Waals surface area contributed by atoms with Crippen LogP contribution in [0.15, 0.2) is 24.3 Å². The van der Waals surface area contributed by atoms with Gasteiger partial charge in [0.25, 0.3) is 0 Å². The van der Waals surface area contributed by atoms with Crippen LogP contribution in [-0.4, -0.2) is 22.6 Å². The van der Waals surface area contributed by atoms with E-state index in [9.17, 15) is 0 Å². The van der Waals surface area contributed by atoms with Crippen molar-refractivity contribution in [1.82, 2.24) is 6.15 Å². The Hall–Kier alpha value is -1.15. The standard InChI is InChI=1S/C7H8O.H3N.H2O4S/c1-6-4-2-3-5-7(6)8;;1-5(2,3)4/h2-5,8H,1H3;1H3;(H2,1,2,3,4). The number of aromatic hydroxyl groups is 1. The minimum atomic E-state index is -4.67. The van der Waals surface area contributed by atoms with Crippen LogP contribution in [0.2, 0.25) is 0 Å². The molecule has 7 heteroatoms. The molecule has 0 saturated carbocycles. The number of phenols is 1. The van der Waals surface area contributed by atoms with E-state index in [2.05, 4.69) is 0 Å². The molecule has 0 heterocycles. The molecule has 82 valence electrons. The van der Waals surface area contributed by atoms with E-state index in [1.165, 1.54) is 0 Å². The fourth-order valence-corrected chi connectivity index (χ4v) is 0.563. The van der Waals surface area contributed by atoms with Crippen molar-refractivity contribution in [3.8, 4) is 5.75 Å². The molecule has 1 aromatic rings. The lowest BCUT2D eigenvalue weighted by atomic mass is 10.2. The van der Waals surface area contributed by atoms with Crippen molar-refractivity contribution < 1.29 is 22.6 Å². The monoisotopic (exact) mass is 223 g/mol. The fraction of sp³-hybridized carbons (Fsp3) is 0.143. The van der Waals surface area contributed by atoms with Crippen LogP contribution < -0.4 is 6.15 Å². The highest BCUT2D eigenvalue weighted by molar-refractivity contribution is 7.79. The van der Waals surface area contributed by atoms with Gasteiger partial charge in [0.15, 0.2) is 0 Å². The third kappa shape index (κ3) is 10.8. The summed E-state index contributed by atoms with van der Waals surface area (Å²) in [7, 11) is -4.67. The Morgan fingerprint density at radius 1 is 1.14 bits per heavy atom. The van der Waals surface area contributed by atoms with Crippen molar-refractivity contribution in [1.29, 1.82) is 0 Å². The van der Waals surface area contributed by atoms with Gasteiger partial charge in [-0.3, -0.25) is 9.11 Å². The van der Waals surface area contributed by atoms with E-state index in [0.29, 0.717) is 5.75 Å². The van der Waals surface area contributed by atoms with Crippen LogP contribution in [0.1, 0.15) is 5.56 Å². The van der Waals surface area contributed by atoms with Gasteiger partial charge in [-0.25, -0.2) is 0 Å². The van der Waals surface area contributed by atoms with Crippen LogP contribution in [-0.2, 0) is 10.4 Å². The first-order valence-electron chi connectivity index (χ1n) is 3.25. The molecular weight excluding hydrogens is 210 g/mol. The van der Waals surface area contributed by atoms with Crippen LogP contribution in [0.4, 0.5) is 0 Å². The summed E-state index contributed by atoms with van der Waals surface area (Å²) >= 11 is 0. The molecule has 0 fully saturated rings. The second-order valence-electron chi connectivity index (χ2n) is 2.23. The predicted octanol–water partition coefficient (Wildman–Crippen LogP) is 1.21. The Kier molecular flexibility index (Phi) is 6.93. The molecule has 6 N–H and O–H groups in total. The number of rotatable bonds is 0. The van der Waals surface area contributed by atoms with Crippen LogP contribution in [0.3, 0.4) is 0 Å². The largest absolute Gasteiger partial charge is 0.508 e. The average molecular weight is 223 g/mol. The normalized spacial score (nSPS) is 9.36. The quantitative estimate of drug-likeness (QED) is 0.489. The molecule has 0 saturated heterocycles. The molecule has 0 atom stereocenters. The molecule has 0 unspecified atom stereocenters. The van der Waals surface area contributed by atoms with E-state index >= 15 is 0 Å². The van der Waals surface area contributed by atoms with E-state index < -0.39 is 10.4 Å². The molecule has 0 aliphatic heterocycles. The SMILES string of the molecule is Cc1ccccc1O.N.O=S(=O)(O)O. The molecule has 0 spiro atoms. The second kappa shape index (κ2) is 6.33. The van der Waals surface area contributed by atoms with Gasteiger partial charge >= 0.3 is 10.4 Å². The zero-order valence-corrected chi connectivity index (χ0v) is 8.40. The Morgan fingerprint density at radius 2 is 1.50 bits per heavy atom. The van der Waals surface area contributed by atoms with Gasteiger partial charge in [-0.2, -0.15) is 8.42 Å². The van der Waals surface area contributed by atoms with Crippen molar-refractivity contribution in [3.05, 3.63) is 29.8 Å². The maximum Gasteiger partial charge on any atom is 0.394 e. The number of hydrogen-bond donors (Lipinski definition) is 4. The van der Waals surface area contributed by atoms with Gasteiger partial charge in [0, 0.05) is 0 Å². The molecule has 0 aliphatic rings. The smallest absolute Gasteiger partial charge is 0.394 e. The minimum absolute atomic E-state index is 0. The average Bonchev–Trinajstić information content (AvgIpc) is 1.92. The zero-order valence-electron chi connectivity index (χ0n) is 7.58. The molecular formula is C7H13NO5S. The van der Waals surface area contributed by atoms with E-state index in [-0.39, 0.29) is 6.15 Å². The topological polar surface area (TPSA) is 130 Å². The fourth-order valence-electron chi connectivity index (χ4n) is 0.563. The Labute approximate surface area is 82.4 Å². The van der Waals surface area contributed by atoms with E-state index in [0.717, 1.165) is 5.56 Å². The molecule has 14 heavy (non-hydrogen) atoms. The van der Waals surface area contributed by atoms with Crippen LogP contribution >= 0.6 is 0 Å². The van der Waals surface area contributed by atoms with Crippen LogP contribution in [0.5, 0.6) is 5.75 Å². The first kappa shape index (κ1) is 15.3. The highest BCUT2D eigenvalue weighted by atomic mass is 32.3. The van der Waals surface area contributed by atoms with Gasteiger partial charge in [0.2, 0.25) is 0 Å². The lowest BCUT2D eigenvalue weighted by Gasteiger charge is -1.92.